The first-order valence-electron chi connectivity index (χ1n) is 8.23. The lowest BCUT2D eigenvalue weighted by atomic mass is 10.1. The molecule has 114 valence electrons. The maximum absolute atomic E-state index is 6.10. The number of likely N-dealkylation sites (tertiary alicyclic amines) is 1. The summed E-state index contributed by atoms with van der Waals surface area (Å²) in [5.74, 6) is 1.11. The quantitative estimate of drug-likeness (QED) is 0.816. The van der Waals surface area contributed by atoms with Gasteiger partial charge in [-0.15, -0.1) is 0 Å². The van der Waals surface area contributed by atoms with Crippen LogP contribution in [0.5, 0.6) is 0 Å². The molecule has 0 saturated carbocycles. The lowest BCUT2D eigenvalue weighted by Crippen LogP contribution is -2.27. The van der Waals surface area contributed by atoms with Crippen molar-refractivity contribution in [2.24, 2.45) is 0 Å². The van der Waals surface area contributed by atoms with Crippen molar-refractivity contribution in [1.29, 1.82) is 0 Å². The Bertz CT molecular complexity index is 590. The molecular weight excluding hydrogens is 260 g/mol. The number of nitrogens with zero attached hydrogens (tertiary/aromatic N) is 1. The van der Waals surface area contributed by atoms with E-state index in [1.807, 2.05) is 0 Å². The zero-order valence-electron chi connectivity index (χ0n) is 13.2. The molecule has 2 heterocycles. The van der Waals surface area contributed by atoms with Crippen LogP contribution in [-0.2, 0) is 13.1 Å². The van der Waals surface area contributed by atoms with Crippen LogP contribution in [0.15, 0.2) is 28.7 Å². The molecule has 0 bridgehead atoms. The van der Waals surface area contributed by atoms with Crippen LogP contribution in [0.25, 0.3) is 11.0 Å². The van der Waals surface area contributed by atoms with Gasteiger partial charge in [0.05, 0.1) is 6.54 Å². The third-order valence-electron chi connectivity index (χ3n) is 4.55. The molecule has 1 aliphatic heterocycles. The van der Waals surface area contributed by atoms with E-state index in [2.05, 4.69) is 48.3 Å². The van der Waals surface area contributed by atoms with Crippen molar-refractivity contribution in [3.05, 3.63) is 35.6 Å². The highest BCUT2D eigenvalue weighted by Crippen LogP contribution is 2.29. The van der Waals surface area contributed by atoms with Crippen molar-refractivity contribution in [3.8, 4) is 0 Å². The van der Waals surface area contributed by atoms with Crippen molar-refractivity contribution in [1.82, 2.24) is 10.2 Å². The van der Waals surface area contributed by atoms with Gasteiger partial charge in [-0.3, -0.25) is 4.90 Å². The molecule has 0 spiro atoms. The molecule has 0 radical (unpaired) electrons. The molecule has 0 amide bonds. The Hall–Kier alpha value is -1.32. The predicted octanol–water partition coefficient (Wildman–Crippen LogP) is 3.92. The van der Waals surface area contributed by atoms with Crippen LogP contribution in [0.2, 0.25) is 0 Å². The molecular formula is C18H26N2O. The van der Waals surface area contributed by atoms with E-state index in [4.69, 9.17) is 4.42 Å². The van der Waals surface area contributed by atoms with E-state index in [0.717, 1.165) is 37.4 Å². The van der Waals surface area contributed by atoms with Crippen molar-refractivity contribution < 1.29 is 4.42 Å². The van der Waals surface area contributed by atoms with Crippen molar-refractivity contribution in [2.45, 2.75) is 52.2 Å². The van der Waals surface area contributed by atoms with Gasteiger partial charge in [0.2, 0.25) is 0 Å². The molecule has 3 heteroatoms. The predicted molar refractivity (Wildman–Crippen MR) is 87.3 cm³/mol. The number of hydrogen-bond acceptors (Lipinski definition) is 3. The standard InChI is InChI=1S/C18H26N2O/c1-3-10-19-12-18-16(13-20-11-6-7-14(20)2)15-8-4-5-9-17(15)21-18/h4-5,8-9,14,19H,3,6-7,10-13H2,1-2H3. The lowest BCUT2D eigenvalue weighted by Gasteiger charge is -2.21. The van der Waals surface area contributed by atoms with Gasteiger partial charge in [0, 0.05) is 23.5 Å². The van der Waals surface area contributed by atoms with Crippen LogP contribution < -0.4 is 5.32 Å². The second-order valence-electron chi connectivity index (χ2n) is 6.14. The van der Waals surface area contributed by atoms with Gasteiger partial charge in [-0.05, 0) is 45.3 Å². The van der Waals surface area contributed by atoms with E-state index in [9.17, 15) is 0 Å². The SMILES string of the molecule is CCCNCc1oc2ccccc2c1CN1CCCC1C. The highest BCUT2D eigenvalue weighted by Gasteiger charge is 2.23. The Kier molecular flexibility index (Phi) is 4.61. The Morgan fingerprint density at radius 2 is 2.19 bits per heavy atom. The molecule has 1 fully saturated rings. The van der Waals surface area contributed by atoms with E-state index in [-0.39, 0.29) is 0 Å². The minimum atomic E-state index is 0.690. The van der Waals surface area contributed by atoms with Gasteiger partial charge in [0.15, 0.2) is 0 Å². The molecule has 2 aromatic rings. The van der Waals surface area contributed by atoms with Crippen LogP contribution in [0.3, 0.4) is 0 Å². The maximum Gasteiger partial charge on any atom is 0.134 e. The van der Waals surface area contributed by atoms with Gasteiger partial charge in [-0.2, -0.15) is 0 Å². The third kappa shape index (κ3) is 3.14. The fourth-order valence-corrected chi connectivity index (χ4v) is 3.28. The van der Waals surface area contributed by atoms with Crippen LogP contribution in [0.4, 0.5) is 0 Å². The minimum Gasteiger partial charge on any atom is -0.459 e. The summed E-state index contributed by atoms with van der Waals surface area (Å²) < 4.78 is 6.10. The first kappa shape index (κ1) is 14.6. The molecule has 1 aromatic carbocycles. The number of rotatable bonds is 6. The average molecular weight is 286 g/mol. The molecule has 21 heavy (non-hydrogen) atoms. The van der Waals surface area contributed by atoms with E-state index in [1.165, 1.54) is 30.3 Å². The Balaban J connectivity index is 1.87. The Labute approximate surface area is 127 Å². The highest BCUT2D eigenvalue weighted by atomic mass is 16.3. The number of para-hydroxylation sites is 1. The molecule has 1 unspecified atom stereocenters. The summed E-state index contributed by atoms with van der Waals surface area (Å²) in [5.41, 5.74) is 2.40. The van der Waals surface area contributed by atoms with Crippen LogP contribution in [0.1, 0.15) is 44.4 Å². The zero-order valence-corrected chi connectivity index (χ0v) is 13.2. The molecule has 1 saturated heterocycles. The number of fused-ring (bicyclic) bond motifs is 1. The van der Waals surface area contributed by atoms with Crippen molar-refractivity contribution >= 4 is 11.0 Å². The molecule has 0 aliphatic carbocycles. The lowest BCUT2D eigenvalue weighted by molar-refractivity contribution is 0.258. The van der Waals surface area contributed by atoms with Gasteiger partial charge in [-0.1, -0.05) is 25.1 Å². The van der Waals surface area contributed by atoms with Gasteiger partial charge < -0.3 is 9.73 Å². The van der Waals surface area contributed by atoms with E-state index in [1.54, 1.807) is 0 Å². The van der Waals surface area contributed by atoms with Crippen LogP contribution in [0, 0.1) is 0 Å². The largest absolute Gasteiger partial charge is 0.459 e. The zero-order chi connectivity index (χ0) is 14.7. The summed E-state index contributed by atoms with van der Waals surface area (Å²) in [5, 5.41) is 4.76. The van der Waals surface area contributed by atoms with Crippen LogP contribution >= 0.6 is 0 Å². The molecule has 3 rings (SSSR count). The smallest absolute Gasteiger partial charge is 0.134 e. The summed E-state index contributed by atoms with van der Waals surface area (Å²) in [4.78, 5) is 2.58. The van der Waals surface area contributed by atoms with Crippen LogP contribution in [-0.4, -0.2) is 24.0 Å². The summed E-state index contributed by atoms with van der Waals surface area (Å²) in [6, 6.07) is 9.12. The highest BCUT2D eigenvalue weighted by molar-refractivity contribution is 5.82. The normalized spacial score (nSPS) is 19.6. The number of furan rings is 1. The molecule has 3 nitrogen and oxygen atoms in total. The summed E-state index contributed by atoms with van der Waals surface area (Å²) in [6.45, 7) is 8.63. The van der Waals surface area contributed by atoms with Crippen molar-refractivity contribution in [3.63, 3.8) is 0 Å². The fourth-order valence-electron chi connectivity index (χ4n) is 3.28. The van der Waals surface area contributed by atoms with E-state index in [0.29, 0.717) is 6.04 Å². The summed E-state index contributed by atoms with van der Waals surface area (Å²) in [6.07, 6.45) is 3.79. The third-order valence-corrected chi connectivity index (χ3v) is 4.55. The van der Waals surface area contributed by atoms with Gasteiger partial charge >= 0.3 is 0 Å². The average Bonchev–Trinajstić information content (AvgIpc) is 3.05. The van der Waals surface area contributed by atoms with Gasteiger partial charge in [0.25, 0.3) is 0 Å². The Morgan fingerprint density at radius 3 is 2.95 bits per heavy atom. The maximum atomic E-state index is 6.10. The number of nitrogens with one attached hydrogen (secondary N) is 1. The molecule has 1 aliphatic rings. The molecule has 1 atom stereocenters. The number of benzene rings is 1. The molecule has 1 N–H and O–H groups in total. The van der Waals surface area contributed by atoms with E-state index >= 15 is 0 Å². The van der Waals surface area contributed by atoms with E-state index < -0.39 is 0 Å². The monoisotopic (exact) mass is 286 g/mol. The van der Waals surface area contributed by atoms with Gasteiger partial charge in [-0.25, -0.2) is 0 Å². The second-order valence-corrected chi connectivity index (χ2v) is 6.14. The summed E-state index contributed by atoms with van der Waals surface area (Å²) in [7, 11) is 0. The van der Waals surface area contributed by atoms with Gasteiger partial charge in [0.1, 0.15) is 11.3 Å². The first-order chi connectivity index (χ1) is 10.3. The number of hydrogen-bond donors (Lipinski definition) is 1. The van der Waals surface area contributed by atoms with Crippen molar-refractivity contribution in [2.75, 3.05) is 13.1 Å². The molecule has 1 aromatic heterocycles. The summed E-state index contributed by atoms with van der Waals surface area (Å²) >= 11 is 0. The first-order valence-corrected chi connectivity index (χ1v) is 8.23. The second kappa shape index (κ2) is 6.63. The fraction of sp³-hybridized carbons (Fsp3) is 0.556. The Morgan fingerprint density at radius 1 is 1.33 bits per heavy atom. The minimum absolute atomic E-state index is 0.690. The topological polar surface area (TPSA) is 28.4 Å².